The van der Waals surface area contributed by atoms with E-state index in [1.54, 1.807) is 0 Å². The van der Waals surface area contributed by atoms with Crippen LogP contribution in [0.15, 0.2) is 0 Å². The van der Waals surface area contributed by atoms with E-state index < -0.39 is 10.0 Å². The molecule has 73 valence electrons. The van der Waals surface area contributed by atoms with Crippen LogP contribution < -0.4 is 4.72 Å². The van der Waals surface area contributed by atoms with E-state index in [0.717, 1.165) is 25.7 Å². The minimum Gasteiger partial charge on any atom is -0.211 e. The lowest BCUT2D eigenvalue weighted by Crippen LogP contribution is -2.20. The Labute approximate surface area is 75.6 Å². The van der Waals surface area contributed by atoms with E-state index in [0.29, 0.717) is 6.54 Å². The molecule has 0 aromatic carbocycles. The average molecular weight is 192 g/mol. The first-order valence-corrected chi connectivity index (χ1v) is 6.14. The fourth-order valence-corrected chi connectivity index (χ4v) is 1.99. The Morgan fingerprint density at radius 2 is 1.75 bits per heavy atom. The van der Waals surface area contributed by atoms with E-state index in [1.807, 2.05) is 6.92 Å². The van der Waals surface area contributed by atoms with Gasteiger partial charge in [-0.3, -0.25) is 0 Å². The van der Waals surface area contributed by atoms with Crippen LogP contribution >= 0.6 is 0 Å². The monoisotopic (exact) mass is 192 g/mol. The highest BCUT2D eigenvalue weighted by molar-refractivity contribution is 7.89. The largest absolute Gasteiger partial charge is 0.227 e. The maximum atomic E-state index is 11.1. The van der Waals surface area contributed by atoms with Crippen molar-refractivity contribution in [2.45, 2.75) is 39.5 Å². The zero-order chi connectivity index (χ0) is 9.45. The summed E-state index contributed by atoms with van der Waals surface area (Å²) >= 11 is 0. The van der Waals surface area contributed by atoms with Crippen molar-refractivity contribution in [2.75, 3.05) is 12.3 Å². The zero-order valence-corrected chi connectivity index (χ0v) is 8.73. The molecule has 0 N–H and O–H groups in total. The highest BCUT2D eigenvalue weighted by Gasteiger charge is 2.08. The van der Waals surface area contributed by atoms with Gasteiger partial charge in [-0.2, -0.15) is 0 Å². The normalized spacial score (nSPS) is 11.8. The molecular formula is C8H18NO2S. The molecule has 0 atom stereocenters. The SMILES string of the molecule is CCCCCS(=O)(=O)[N]CCC. The van der Waals surface area contributed by atoms with Crippen molar-refractivity contribution < 1.29 is 8.42 Å². The molecule has 0 fully saturated rings. The Morgan fingerprint density at radius 3 is 2.25 bits per heavy atom. The van der Waals surface area contributed by atoms with Gasteiger partial charge >= 0.3 is 0 Å². The summed E-state index contributed by atoms with van der Waals surface area (Å²) in [4.78, 5) is 0. The van der Waals surface area contributed by atoms with Crippen LogP contribution in [0.2, 0.25) is 0 Å². The molecule has 0 amide bonds. The first-order chi connectivity index (χ1) is 5.62. The third-order valence-corrected chi connectivity index (χ3v) is 2.90. The van der Waals surface area contributed by atoms with Crippen molar-refractivity contribution in [1.29, 1.82) is 0 Å². The molecule has 0 heterocycles. The molecule has 0 unspecified atom stereocenters. The van der Waals surface area contributed by atoms with E-state index in [2.05, 4.69) is 11.6 Å². The van der Waals surface area contributed by atoms with Crippen LogP contribution in [0.4, 0.5) is 0 Å². The second kappa shape index (κ2) is 6.43. The Hall–Kier alpha value is -0.0900. The highest BCUT2D eigenvalue weighted by Crippen LogP contribution is 1.98. The number of unbranched alkanes of at least 4 members (excludes halogenated alkanes) is 2. The zero-order valence-electron chi connectivity index (χ0n) is 7.91. The van der Waals surface area contributed by atoms with Gasteiger partial charge in [0, 0.05) is 6.54 Å². The predicted octanol–water partition coefficient (Wildman–Crippen LogP) is 1.52. The lowest BCUT2D eigenvalue weighted by atomic mass is 10.3. The van der Waals surface area contributed by atoms with Crippen molar-refractivity contribution in [3.8, 4) is 0 Å². The van der Waals surface area contributed by atoms with E-state index in [4.69, 9.17) is 0 Å². The molecular weight excluding hydrogens is 174 g/mol. The van der Waals surface area contributed by atoms with Crippen molar-refractivity contribution in [3.05, 3.63) is 0 Å². The average Bonchev–Trinajstić information content (AvgIpc) is 2.01. The van der Waals surface area contributed by atoms with Crippen LogP contribution in [-0.2, 0) is 10.0 Å². The second-order valence-corrected chi connectivity index (χ2v) is 4.68. The molecule has 0 aliphatic carbocycles. The van der Waals surface area contributed by atoms with Crippen molar-refractivity contribution in [2.24, 2.45) is 0 Å². The van der Waals surface area contributed by atoms with Crippen LogP contribution in [0, 0.1) is 0 Å². The van der Waals surface area contributed by atoms with Gasteiger partial charge < -0.3 is 0 Å². The van der Waals surface area contributed by atoms with Gasteiger partial charge in [0.15, 0.2) is 0 Å². The molecule has 0 aromatic heterocycles. The number of rotatable bonds is 7. The maximum absolute atomic E-state index is 11.1. The predicted molar refractivity (Wildman–Crippen MR) is 50.6 cm³/mol. The Morgan fingerprint density at radius 1 is 1.08 bits per heavy atom. The minimum absolute atomic E-state index is 0.223. The standard InChI is InChI=1S/C8H18NO2S/c1-3-5-6-8-12(10,11)9-7-4-2/h3-8H2,1-2H3. The smallest absolute Gasteiger partial charge is 0.211 e. The van der Waals surface area contributed by atoms with Gasteiger partial charge in [0.2, 0.25) is 10.0 Å². The van der Waals surface area contributed by atoms with Gasteiger partial charge in [0.25, 0.3) is 0 Å². The van der Waals surface area contributed by atoms with Crippen LogP contribution in [0.5, 0.6) is 0 Å². The first kappa shape index (κ1) is 11.9. The van der Waals surface area contributed by atoms with Gasteiger partial charge in [0.05, 0.1) is 5.75 Å². The molecule has 0 saturated heterocycles. The second-order valence-electron chi connectivity index (χ2n) is 2.85. The summed E-state index contributed by atoms with van der Waals surface area (Å²) in [5, 5.41) is 0. The molecule has 0 bridgehead atoms. The molecule has 0 spiro atoms. The van der Waals surface area contributed by atoms with E-state index in [-0.39, 0.29) is 5.75 Å². The maximum Gasteiger partial charge on any atom is 0.227 e. The number of nitrogens with zero attached hydrogens (tertiary/aromatic N) is 1. The van der Waals surface area contributed by atoms with Gasteiger partial charge in [-0.05, 0) is 12.8 Å². The molecule has 0 aliphatic heterocycles. The van der Waals surface area contributed by atoms with Crippen LogP contribution in [0.25, 0.3) is 0 Å². The summed E-state index contributed by atoms with van der Waals surface area (Å²) < 4.78 is 25.8. The topological polar surface area (TPSA) is 48.2 Å². The summed E-state index contributed by atoms with van der Waals surface area (Å²) in [5.41, 5.74) is 0. The van der Waals surface area contributed by atoms with E-state index in [9.17, 15) is 8.42 Å². The number of sulfonamides is 1. The molecule has 3 nitrogen and oxygen atoms in total. The van der Waals surface area contributed by atoms with Crippen LogP contribution in [-0.4, -0.2) is 20.7 Å². The van der Waals surface area contributed by atoms with Crippen molar-refractivity contribution >= 4 is 10.0 Å². The summed E-state index contributed by atoms with van der Waals surface area (Å²) in [6.07, 6.45) is 3.56. The van der Waals surface area contributed by atoms with Crippen molar-refractivity contribution in [1.82, 2.24) is 4.72 Å². The quantitative estimate of drug-likeness (QED) is 0.574. The van der Waals surface area contributed by atoms with Crippen LogP contribution in [0.3, 0.4) is 0 Å². The third-order valence-electron chi connectivity index (χ3n) is 1.52. The Bertz CT molecular complexity index is 187. The molecule has 4 heteroatoms. The molecule has 0 aromatic rings. The molecule has 1 radical (unpaired) electrons. The van der Waals surface area contributed by atoms with Crippen molar-refractivity contribution in [3.63, 3.8) is 0 Å². The highest BCUT2D eigenvalue weighted by atomic mass is 32.2. The number of hydrogen-bond donors (Lipinski definition) is 0. The fraction of sp³-hybridized carbons (Fsp3) is 1.00. The van der Waals surface area contributed by atoms with Gasteiger partial charge in [-0.25, -0.2) is 8.42 Å². The van der Waals surface area contributed by atoms with E-state index >= 15 is 0 Å². The van der Waals surface area contributed by atoms with E-state index in [1.165, 1.54) is 0 Å². The lowest BCUT2D eigenvalue weighted by Gasteiger charge is -2.01. The third kappa shape index (κ3) is 6.61. The summed E-state index contributed by atoms with van der Waals surface area (Å²) in [7, 11) is -3.09. The first-order valence-electron chi connectivity index (χ1n) is 4.54. The van der Waals surface area contributed by atoms with Gasteiger partial charge in [0.1, 0.15) is 0 Å². The summed E-state index contributed by atoms with van der Waals surface area (Å²) in [5.74, 6) is 0.223. The lowest BCUT2D eigenvalue weighted by molar-refractivity contribution is 0.574. The Balaban J connectivity index is 3.58. The summed E-state index contributed by atoms with van der Waals surface area (Å²) in [6.45, 7) is 4.41. The fourth-order valence-electron chi connectivity index (χ4n) is 0.829. The molecule has 0 saturated carbocycles. The van der Waals surface area contributed by atoms with Gasteiger partial charge in [-0.1, -0.05) is 26.7 Å². The number of hydrogen-bond acceptors (Lipinski definition) is 2. The minimum atomic E-state index is -3.09. The Kier molecular flexibility index (Phi) is 6.38. The van der Waals surface area contributed by atoms with Crippen LogP contribution in [0.1, 0.15) is 39.5 Å². The molecule has 12 heavy (non-hydrogen) atoms. The van der Waals surface area contributed by atoms with Gasteiger partial charge in [-0.15, -0.1) is 4.72 Å². The summed E-state index contributed by atoms with van der Waals surface area (Å²) in [6, 6.07) is 0. The molecule has 0 aliphatic rings. The molecule has 0 rings (SSSR count).